The molecule has 0 bridgehead atoms. The molecule has 9 heteroatoms. The minimum absolute atomic E-state index is 0.0201. The first-order valence-corrected chi connectivity index (χ1v) is 12.0. The van der Waals surface area contributed by atoms with Gasteiger partial charge in [-0.1, -0.05) is 18.2 Å². The quantitative estimate of drug-likeness (QED) is 0.569. The van der Waals surface area contributed by atoms with Crippen molar-refractivity contribution in [2.75, 3.05) is 20.2 Å². The van der Waals surface area contributed by atoms with Gasteiger partial charge in [-0.2, -0.15) is 8.78 Å². The van der Waals surface area contributed by atoms with Crippen molar-refractivity contribution in [3.8, 4) is 11.5 Å². The van der Waals surface area contributed by atoms with E-state index in [-0.39, 0.29) is 29.5 Å². The van der Waals surface area contributed by atoms with E-state index in [9.17, 15) is 18.4 Å². The van der Waals surface area contributed by atoms with Crippen molar-refractivity contribution < 1.29 is 27.8 Å². The van der Waals surface area contributed by atoms with Gasteiger partial charge in [0.15, 0.2) is 11.5 Å². The molecule has 2 unspecified atom stereocenters. The number of alkyl halides is 2. The Kier molecular flexibility index (Phi) is 6.60. The number of nitrogens with one attached hydrogen (secondary N) is 2. The predicted molar refractivity (Wildman–Crippen MR) is 125 cm³/mol. The predicted octanol–water partition coefficient (Wildman–Crippen LogP) is 3.42. The van der Waals surface area contributed by atoms with E-state index < -0.39 is 6.61 Å². The first-order chi connectivity index (χ1) is 16.9. The van der Waals surface area contributed by atoms with E-state index >= 15 is 0 Å². The summed E-state index contributed by atoms with van der Waals surface area (Å²) >= 11 is 0. The molecule has 1 aliphatic carbocycles. The summed E-state index contributed by atoms with van der Waals surface area (Å²) in [5.41, 5.74) is 3.56. The topological polar surface area (TPSA) is 79.9 Å². The summed E-state index contributed by atoms with van der Waals surface area (Å²) in [5, 5.41) is 6.25. The molecule has 2 aromatic carbocycles. The second kappa shape index (κ2) is 9.81. The molecule has 2 amide bonds. The lowest BCUT2D eigenvalue weighted by Gasteiger charge is -2.16. The minimum atomic E-state index is -2.92. The highest BCUT2D eigenvalue weighted by molar-refractivity contribution is 5.98. The van der Waals surface area contributed by atoms with Gasteiger partial charge in [0.05, 0.1) is 12.6 Å². The lowest BCUT2D eigenvalue weighted by molar-refractivity contribution is -0.122. The normalized spacial score (nSPS) is 21.4. The summed E-state index contributed by atoms with van der Waals surface area (Å²) in [4.78, 5) is 26.5. The molecule has 2 fully saturated rings. The standard InChI is InChI=1S/C26H29F2N3O4/c1-31-13-19-8-16(4-6-20(19)25(31)33)11-30-24(32)21-9-18(12-29-21)17-5-7-22(35-26(27)28)23(10-17)34-14-15-2-3-15/h4-8,10,15,18,21,26,29H,2-3,9,11-14H2,1H3,(H,30,32). The summed E-state index contributed by atoms with van der Waals surface area (Å²) in [6.07, 6.45) is 2.77. The Morgan fingerprint density at radius 1 is 1.20 bits per heavy atom. The fourth-order valence-corrected chi connectivity index (χ4v) is 4.71. The molecule has 1 saturated heterocycles. The van der Waals surface area contributed by atoms with Crippen LogP contribution in [0.2, 0.25) is 0 Å². The molecule has 2 heterocycles. The summed E-state index contributed by atoms with van der Waals surface area (Å²) in [7, 11) is 1.77. The van der Waals surface area contributed by atoms with Gasteiger partial charge in [-0.25, -0.2) is 0 Å². The minimum Gasteiger partial charge on any atom is -0.489 e. The molecule has 0 radical (unpaired) electrons. The van der Waals surface area contributed by atoms with Gasteiger partial charge in [0.2, 0.25) is 5.91 Å². The van der Waals surface area contributed by atoms with Gasteiger partial charge < -0.3 is 25.0 Å². The van der Waals surface area contributed by atoms with Crippen LogP contribution in [0.25, 0.3) is 0 Å². The van der Waals surface area contributed by atoms with Crippen LogP contribution in [0.4, 0.5) is 8.78 Å². The molecule has 1 saturated carbocycles. The zero-order valence-electron chi connectivity index (χ0n) is 19.6. The van der Waals surface area contributed by atoms with Crippen LogP contribution in [0.3, 0.4) is 0 Å². The third-order valence-corrected chi connectivity index (χ3v) is 6.90. The highest BCUT2D eigenvalue weighted by Crippen LogP contribution is 2.37. The number of benzene rings is 2. The maximum absolute atomic E-state index is 12.8. The molecule has 3 aliphatic rings. The van der Waals surface area contributed by atoms with E-state index in [2.05, 4.69) is 15.4 Å². The monoisotopic (exact) mass is 485 g/mol. The second-order valence-corrected chi connectivity index (χ2v) is 9.60. The Morgan fingerprint density at radius 3 is 2.80 bits per heavy atom. The maximum atomic E-state index is 12.8. The number of halogens is 2. The van der Waals surface area contributed by atoms with Crippen LogP contribution >= 0.6 is 0 Å². The highest BCUT2D eigenvalue weighted by atomic mass is 19.3. The Morgan fingerprint density at radius 2 is 2.03 bits per heavy atom. The lowest BCUT2D eigenvalue weighted by Crippen LogP contribution is -2.40. The van der Waals surface area contributed by atoms with Crippen LogP contribution in [-0.2, 0) is 17.9 Å². The number of rotatable bonds is 9. The number of amides is 2. The van der Waals surface area contributed by atoms with E-state index in [4.69, 9.17) is 4.74 Å². The average Bonchev–Trinajstić information content (AvgIpc) is 3.45. The third kappa shape index (κ3) is 5.40. The van der Waals surface area contributed by atoms with Gasteiger partial charge in [0, 0.05) is 32.2 Å². The zero-order valence-corrected chi connectivity index (χ0v) is 19.6. The Hall–Kier alpha value is -3.20. The van der Waals surface area contributed by atoms with Crippen molar-refractivity contribution in [2.45, 2.75) is 50.9 Å². The van der Waals surface area contributed by atoms with Crippen molar-refractivity contribution in [1.29, 1.82) is 0 Å². The summed E-state index contributed by atoms with van der Waals surface area (Å²) in [5.74, 6) is 0.813. The highest BCUT2D eigenvalue weighted by Gasteiger charge is 2.31. The van der Waals surface area contributed by atoms with E-state index in [1.807, 2.05) is 18.2 Å². The molecule has 7 nitrogen and oxygen atoms in total. The van der Waals surface area contributed by atoms with Crippen molar-refractivity contribution in [3.63, 3.8) is 0 Å². The van der Waals surface area contributed by atoms with Crippen LogP contribution in [-0.4, -0.2) is 49.6 Å². The molecule has 2 aromatic rings. The second-order valence-electron chi connectivity index (χ2n) is 9.60. The first kappa shape index (κ1) is 23.5. The van der Waals surface area contributed by atoms with Gasteiger partial charge in [-0.05, 0) is 66.0 Å². The first-order valence-electron chi connectivity index (χ1n) is 12.0. The van der Waals surface area contributed by atoms with Gasteiger partial charge in [0.25, 0.3) is 5.91 Å². The van der Waals surface area contributed by atoms with E-state index in [1.165, 1.54) is 6.07 Å². The van der Waals surface area contributed by atoms with Gasteiger partial charge in [-0.15, -0.1) is 0 Å². The molecular formula is C26H29F2N3O4. The van der Waals surface area contributed by atoms with E-state index in [0.29, 0.717) is 49.9 Å². The fourth-order valence-electron chi connectivity index (χ4n) is 4.71. The largest absolute Gasteiger partial charge is 0.489 e. The number of carbonyl (C=O) groups is 2. The zero-order chi connectivity index (χ0) is 24.5. The van der Waals surface area contributed by atoms with Crippen molar-refractivity contribution in [2.24, 2.45) is 5.92 Å². The molecule has 186 valence electrons. The van der Waals surface area contributed by atoms with Gasteiger partial charge in [-0.3, -0.25) is 9.59 Å². The molecule has 2 aliphatic heterocycles. The smallest absolute Gasteiger partial charge is 0.387 e. The molecule has 0 aromatic heterocycles. The summed E-state index contributed by atoms with van der Waals surface area (Å²) < 4.78 is 36.0. The molecular weight excluding hydrogens is 456 g/mol. The molecule has 0 spiro atoms. The van der Waals surface area contributed by atoms with Gasteiger partial charge in [0.1, 0.15) is 0 Å². The Balaban J connectivity index is 1.18. The number of nitrogens with zero attached hydrogens (tertiary/aromatic N) is 1. The Bertz CT molecular complexity index is 1120. The van der Waals surface area contributed by atoms with Crippen molar-refractivity contribution >= 4 is 11.8 Å². The average molecular weight is 486 g/mol. The van der Waals surface area contributed by atoms with Crippen LogP contribution in [0.15, 0.2) is 36.4 Å². The molecule has 35 heavy (non-hydrogen) atoms. The summed E-state index contributed by atoms with van der Waals surface area (Å²) in [6, 6.07) is 10.3. The fraction of sp³-hybridized carbons (Fsp3) is 0.462. The lowest BCUT2D eigenvalue weighted by atomic mass is 9.95. The Labute approximate surface area is 202 Å². The number of hydrogen-bond acceptors (Lipinski definition) is 5. The number of hydrogen-bond donors (Lipinski definition) is 2. The van der Waals surface area contributed by atoms with Crippen molar-refractivity contribution in [1.82, 2.24) is 15.5 Å². The molecule has 5 rings (SSSR count). The van der Waals surface area contributed by atoms with Crippen molar-refractivity contribution in [3.05, 3.63) is 58.7 Å². The van der Waals surface area contributed by atoms with Gasteiger partial charge >= 0.3 is 6.61 Å². The molecule has 2 N–H and O–H groups in total. The third-order valence-electron chi connectivity index (χ3n) is 6.90. The number of ether oxygens (including phenoxy) is 2. The SMILES string of the molecule is CN1Cc2cc(CNC(=O)C3CC(c4ccc(OC(F)F)c(OCC5CC5)c4)CN3)ccc2C1=O. The van der Waals surface area contributed by atoms with Crippen LogP contribution in [0.1, 0.15) is 52.2 Å². The number of fused-ring (bicyclic) bond motifs is 1. The van der Waals surface area contributed by atoms with Crippen LogP contribution in [0.5, 0.6) is 11.5 Å². The number of carbonyl (C=O) groups excluding carboxylic acids is 2. The maximum Gasteiger partial charge on any atom is 0.387 e. The van der Waals surface area contributed by atoms with E-state index in [1.54, 1.807) is 24.1 Å². The van der Waals surface area contributed by atoms with Crippen LogP contribution in [0, 0.1) is 5.92 Å². The van der Waals surface area contributed by atoms with Crippen LogP contribution < -0.4 is 20.1 Å². The summed E-state index contributed by atoms with van der Waals surface area (Å²) in [6.45, 7) is -0.870. The molecule has 2 atom stereocenters. The van der Waals surface area contributed by atoms with E-state index in [0.717, 1.165) is 29.5 Å².